The third-order valence-corrected chi connectivity index (χ3v) is 6.31. The van der Waals surface area contributed by atoms with Gasteiger partial charge in [-0.3, -0.25) is 9.59 Å². The molecule has 2 N–H and O–H groups in total. The molecule has 2 aromatic carbocycles. The monoisotopic (exact) mass is 510 g/mol. The summed E-state index contributed by atoms with van der Waals surface area (Å²) < 4.78 is 5.13. The molecule has 10 heteroatoms. The Morgan fingerprint density at radius 3 is 2.34 bits per heavy atom. The molecule has 0 spiro atoms. The van der Waals surface area contributed by atoms with Gasteiger partial charge in [0.2, 0.25) is 0 Å². The molecular formula is C22H17Cl3N2O4S. The highest BCUT2D eigenvalue weighted by atomic mass is 35.5. The zero-order chi connectivity index (χ0) is 23.4. The van der Waals surface area contributed by atoms with Crippen molar-refractivity contribution in [3.05, 3.63) is 79.1 Å². The van der Waals surface area contributed by atoms with Crippen molar-refractivity contribution in [1.29, 1.82) is 0 Å². The van der Waals surface area contributed by atoms with Gasteiger partial charge in [-0.15, -0.1) is 11.3 Å². The van der Waals surface area contributed by atoms with E-state index in [1.807, 2.05) is 0 Å². The van der Waals surface area contributed by atoms with Gasteiger partial charge in [-0.05, 0) is 55.8 Å². The summed E-state index contributed by atoms with van der Waals surface area (Å²) in [5, 5.41) is 6.57. The molecular weight excluding hydrogens is 495 g/mol. The number of carbonyl (C=O) groups excluding carboxylic acids is 3. The number of ether oxygens (including phenoxy) is 1. The van der Waals surface area contributed by atoms with Crippen molar-refractivity contribution >= 4 is 74.6 Å². The van der Waals surface area contributed by atoms with E-state index in [1.165, 1.54) is 18.2 Å². The van der Waals surface area contributed by atoms with Crippen molar-refractivity contribution < 1.29 is 19.1 Å². The van der Waals surface area contributed by atoms with Crippen LogP contribution in [0.25, 0.3) is 0 Å². The van der Waals surface area contributed by atoms with Gasteiger partial charge in [0.15, 0.2) is 0 Å². The summed E-state index contributed by atoms with van der Waals surface area (Å²) in [7, 11) is 0. The Kier molecular flexibility index (Phi) is 7.79. The Labute approximate surface area is 203 Å². The van der Waals surface area contributed by atoms with Crippen LogP contribution in [0, 0.1) is 6.92 Å². The Bertz CT molecular complexity index is 1210. The zero-order valence-corrected chi connectivity index (χ0v) is 20.0. The van der Waals surface area contributed by atoms with Crippen LogP contribution in [-0.2, 0) is 4.74 Å². The number of nitrogens with one attached hydrogen (secondary N) is 2. The van der Waals surface area contributed by atoms with Gasteiger partial charge >= 0.3 is 5.97 Å². The van der Waals surface area contributed by atoms with Crippen molar-refractivity contribution in [2.75, 3.05) is 17.2 Å². The summed E-state index contributed by atoms with van der Waals surface area (Å²) in [6, 6.07) is 11.1. The van der Waals surface area contributed by atoms with Crippen molar-refractivity contribution in [2.45, 2.75) is 13.8 Å². The minimum absolute atomic E-state index is 0.103. The van der Waals surface area contributed by atoms with E-state index < -0.39 is 17.8 Å². The maximum atomic E-state index is 12.9. The van der Waals surface area contributed by atoms with Crippen molar-refractivity contribution in [2.24, 2.45) is 0 Å². The lowest BCUT2D eigenvalue weighted by atomic mass is 10.1. The van der Waals surface area contributed by atoms with Gasteiger partial charge in [-0.25, -0.2) is 4.79 Å². The van der Waals surface area contributed by atoms with Gasteiger partial charge in [0.1, 0.15) is 5.00 Å². The van der Waals surface area contributed by atoms with E-state index in [-0.39, 0.29) is 32.6 Å². The van der Waals surface area contributed by atoms with Gasteiger partial charge < -0.3 is 15.4 Å². The Morgan fingerprint density at radius 2 is 1.69 bits per heavy atom. The molecule has 166 valence electrons. The maximum Gasteiger partial charge on any atom is 0.341 e. The summed E-state index contributed by atoms with van der Waals surface area (Å²) in [5.74, 6) is -1.66. The third kappa shape index (κ3) is 5.42. The normalized spacial score (nSPS) is 10.5. The Morgan fingerprint density at radius 1 is 0.969 bits per heavy atom. The lowest BCUT2D eigenvalue weighted by Crippen LogP contribution is -2.15. The summed E-state index contributed by atoms with van der Waals surface area (Å²) in [4.78, 5) is 38.5. The number of carbonyl (C=O) groups is 3. The lowest BCUT2D eigenvalue weighted by Gasteiger charge is -2.08. The minimum atomic E-state index is -0.652. The molecule has 0 fully saturated rings. The van der Waals surface area contributed by atoms with Gasteiger partial charge in [-0.1, -0.05) is 40.9 Å². The summed E-state index contributed by atoms with van der Waals surface area (Å²) in [5.41, 5.74) is 1.14. The van der Waals surface area contributed by atoms with E-state index in [9.17, 15) is 14.4 Å². The van der Waals surface area contributed by atoms with Crippen LogP contribution in [0.4, 0.5) is 10.7 Å². The van der Waals surface area contributed by atoms with Crippen LogP contribution in [0.5, 0.6) is 0 Å². The number of amides is 2. The van der Waals surface area contributed by atoms with E-state index >= 15 is 0 Å². The number of thiophene rings is 1. The molecule has 0 radical (unpaired) electrons. The van der Waals surface area contributed by atoms with Crippen LogP contribution in [0.2, 0.25) is 15.1 Å². The second-order valence-electron chi connectivity index (χ2n) is 6.52. The predicted octanol–water partition coefficient (Wildman–Crippen LogP) is 6.70. The molecule has 2 amide bonds. The number of hydrogen-bond donors (Lipinski definition) is 2. The molecule has 0 aliphatic carbocycles. The number of benzene rings is 2. The lowest BCUT2D eigenvalue weighted by molar-refractivity contribution is 0.0527. The molecule has 0 bridgehead atoms. The minimum Gasteiger partial charge on any atom is -0.462 e. The number of rotatable bonds is 6. The van der Waals surface area contributed by atoms with E-state index in [0.29, 0.717) is 21.3 Å². The fourth-order valence-electron chi connectivity index (χ4n) is 2.87. The molecule has 3 aromatic rings. The zero-order valence-electron chi connectivity index (χ0n) is 16.9. The van der Waals surface area contributed by atoms with Crippen molar-refractivity contribution in [3.63, 3.8) is 0 Å². The van der Waals surface area contributed by atoms with Gasteiger partial charge in [-0.2, -0.15) is 0 Å². The van der Waals surface area contributed by atoms with E-state index in [1.54, 1.807) is 38.1 Å². The molecule has 0 aliphatic rings. The number of halogens is 3. The topological polar surface area (TPSA) is 84.5 Å². The molecule has 1 heterocycles. The van der Waals surface area contributed by atoms with Crippen LogP contribution in [0.3, 0.4) is 0 Å². The van der Waals surface area contributed by atoms with E-state index in [2.05, 4.69) is 10.6 Å². The van der Waals surface area contributed by atoms with Gasteiger partial charge in [0, 0.05) is 15.7 Å². The molecule has 0 atom stereocenters. The summed E-state index contributed by atoms with van der Waals surface area (Å²) in [6.07, 6.45) is 0. The number of esters is 1. The smallest absolute Gasteiger partial charge is 0.341 e. The first kappa shape index (κ1) is 24.1. The first-order chi connectivity index (χ1) is 15.2. The highest BCUT2D eigenvalue weighted by molar-refractivity contribution is 7.19. The molecule has 0 saturated carbocycles. The van der Waals surface area contributed by atoms with Crippen molar-refractivity contribution in [3.8, 4) is 0 Å². The quantitative estimate of drug-likeness (QED) is 0.361. The van der Waals surface area contributed by atoms with Crippen molar-refractivity contribution in [1.82, 2.24) is 0 Å². The fraction of sp³-hybridized carbons (Fsp3) is 0.136. The average molecular weight is 512 g/mol. The third-order valence-electron chi connectivity index (χ3n) is 4.32. The van der Waals surface area contributed by atoms with Crippen LogP contribution in [-0.4, -0.2) is 24.4 Å². The number of anilines is 2. The maximum absolute atomic E-state index is 12.9. The highest BCUT2D eigenvalue weighted by Crippen LogP contribution is 2.35. The van der Waals surface area contributed by atoms with Crippen LogP contribution in [0.15, 0.2) is 42.5 Å². The molecule has 32 heavy (non-hydrogen) atoms. The molecule has 0 saturated heterocycles. The van der Waals surface area contributed by atoms with Crippen LogP contribution in [0.1, 0.15) is 42.9 Å². The second-order valence-corrected chi connectivity index (χ2v) is 8.82. The van der Waals surface area contributed by atoms with Gasteiger partial charge in [0.25, 0.3) is 11.8 Å². The Hall–Kier alpha value is -2.58. The largest absolute Gasteiger partial charge is 0.462 e. The first-order valence-electron chi connectivity index (χ1n) is 9.35. The van der Waals surface area contributed by atoms with E-state index in [4.69, 9.17) is 39.5 Å². The molecule has 3 rings (SSSR count). The predicted molar refractivity (Wildman–Crippen MR) is 129 cm³/mol. The van der Waals surface area contributed by atoms with Crippen LogP contribution >= 0.6 is 46.1 Å². The average Bonchev–Trinajstić information content (AvgIpc) is 3.04. The van der Waals surface area contributed by atoms with E-state index in [0.717, 1.165) is 11.3 Å². The van der Waals surface area contributed by atoms with Gasteiger partial charge in [0.05, 0.1) is 27.6 Å². The molecule has 1 aromatic heterocycles. The summed E-state index contributed by atoms with van der Waals surface area (Å²) in [6.45, 7) is 3.41. The Balaban J connectivity index is 1.96. The molecule has 0 unspecified atom stereocenters. The molecule has 6 nitrogen and oxygen atoms in total. The first-order valence-corrected chi connectivity index (χ1v) is 11.3. The summed E-state index contributed by atoms with van der Waals surface area (Å²) >= 11 is 18.9. The van der Waals surface area contributed by atoms with Crippen LogP contribution < -0.4 is 10.6 Å². The standard InChI is InChI=1S/C22H17Cl3N2O4S/c1-3-31-22(30)17-11(2)18(20(29)26-14-6-4-5-12(23)9-14)32-21(17)27-19(28)15-8-7-13(24)10-16(15)25/h4-10H,3H2,1-2H3,(H,26,29)(H,27,28). The fourth-order valence-corrected chi connectivity index (χ4v) is 4.64. The molecule has 0 aliphatic heterocycles. The second kappa shape index (κ2) is 10.4. The highest BCUT2D eigenvalue weighted by Gasteiger charge is 2.27. The number of hydrogen-bond acceptors (Lipinski definition) is 5. The SMILES string of the molecule is CCOC(=O)c1c(NC(=O)c2ccc(Cl)cc2Cl)sc(C(=O)Nc2cccc(Cl)c2)c1C.